The summed E-state index contributed by atoms with van der Waals surface area (Å²) >= 11 is 7.89. The second-order valence-electron chi connectivity index (χ2n) is 7.07. The zero-order valence-electron chi connectivity index (χ0n) is 15.9. The lowest BCUT2D eigenvalue weighted by Gasteiger charge is -2.30. The number of rotatable bonds is 5. The first-order valence-corrected chi connectivity index (χ1v) is 11.1. The SMILES string of the molecule is O=C(N[C@@H](Cc1ccccc1)C(=O)N1CCSCC1)c1cc2cc(Cl)ccc2[nH]1. The molecule has 0 bridgehead atoms. The molecule has 7 heteroatoms. The van der Waals surface area contributed by atoms with Crippen LogP contribution in [0.1, 0.15) is 16.1 Å². The summed E-state index contributed by atoms with van der Waals surface area (Å²) < 4.78 is 0. The Bertz CT molecular complexity index is 1020. The summed E-state index contributed by atoms with van der Waals surface area (Å²) in [6.07, 6.45) is 0.459. The van der Waals surface area contributed by atoms with E-state index in [1.54, 1.807) is 12.1 Å². The number of hydrogen-bond donors (Lipinski definition) is 2. The molecular formula is C22H22ClN3O2S. The summed E-state index contributed by atoms with van der Waals surface area (Å²) in [4.78, 5) is 31.1. The molecule has 1 aliphatic rings. The van der Waals surface area contributed by atoms with Crippen LogP contribution in [-0.4, -0.2) is 52.3 Å². The van der Waals surface area contributed by atoms with E-state index in [0.717, 1.165) is 41.1 Å². The van der Waals surface area contributed by atoms with Crippen LogP contribution in [0.4, 0.5) is 0 Å². The fourth-order valence-corrected chi connectivity index (χ4v) is 4.60. The first kappa shape index (κ1) is 19.9. The Kier molecular flexibility index (Phi) is 6.11. The lowest BCUT2D eigenvalue weighted by atomic mass is 10.0. The highest BCUT2D eigenvalue weighted by molar-refractivity contribution is 7.99. The van der Waals surface area contributed by atoms with Gasteiger partial charge in [-0.05, 0) is 29.8 Å². The molecule has 1 fully saturated rings. The van der Waals surface area contributed by atoms with Gasteiger partial charge in [-0.1, -0.05) is 41.9 Å². The van der Waals surface area contributed by atoms with Gasteiger partial charge in [0.2, 0.25) is 5.91 Å². The number of aromatic nitrogens is 1. The Morgan fingerprint density at radius 1 is 1.10 bits per heavy atom. The third-order valence-corrected chi connectivity index (χ3v) is 6.21. The fourth-order valence-electron chi connectivity index (χ4n) is 3.52. The molecule has 1 saturated heterocycles. The Morgan fingerprint density at radius 3 is 2.62 bits per heavy atom. The Morgan fingerprint density at radius 2 is 1.86 bits per heavy atom. The zero-order valence-corrected chi connectivity index (χ0v) is 17.4. The van der Waals surface area contributed by atoms with Crippen LogP contribution in [0.2, 0.25) is 5.02 Å². The molecule has 2 amide bonds. The van der Waals surface area contributed by atoms with Crippen molar-refractivity contribution < 1.29 is 9.59 Å². The maximum Gasteiger partial charge on any atom is 0.268 e. The molecule has 150 valence electrons. The fraction of sp³-hybridized carbons (Fsp3) is 0.273. The van der Waals surface area contributed by atoms with E-state index in [4.69, 9.17) is 11.6 Å². The largest absolute Gasteiger partial charge is 0.351 e. The van der Waals surface area contributed by atoms with Gasteiger partial charge >= 0.3 is 0 Å². The van der Waals surface area contributed by atoms with Crippen molar-refractivity contribution in [2.45, 2.75) is 12.5 Å². The number of carbonyl (C=O) groups is 2. The zero-order chi connectivity index (χ0) is 20.2. The third kappa shape index (κ3) is 4.77. The Balaban J connectivity index is 1.55. The van der Waals surface area contributed by atoms with Crippen molar-refractivity contribution in [3.8, 4) is 0 Å². The topological polar surface area (TPSA) is 65.2 Å². The van der Waals surface area contributed by atoms with Gasteiger partial charge in [-0.15, -0.1) is 0 Å². The van der Waals surface area contributed by atoms with Gasteiger partial charge in [-0.3, -0.25) is 9.59 Å². The minimum absolute atomic E-state index is 0.0262. The highest BCUT2D eigenvalue weighted by atomic mass is 35.5. The predicted octanol–water partition coefficient (Wildman–Crippen LogP) is 3.74. The van der Waals surface area contributed by atoms with Crippen LogP contribution in [0, 0.1) is 0 Å². The first-order chi connectivity index (χ1) is 14.1. The number of hydrogen-bond acceptors (Lipinski definition) is 3. The van der Waals surface area contributed by atoms with Gasteiger partial charge in [0.25, 0.3) is 5.91 Å². The van der Waals surface area contributed by atoms with Crippen molar-refractivity contribution in [1.29, 1.82) is 0 Å². The second kappa shape index (κ2) is 8.93. The number of aromatic amines is 1. The highest BCUT2D eigenvalue weighted by Gasteiger charge is 2.28. The molecule has 0 aliphatic carbocycles. The smallest absolute Gasteiger partial charge is 0.268 e. The van der Waals surface area contributed by atoms with Crippen LogP contribution >= 0.6 is 23.4 Å². The van der Waals surface area contributed by atoms with Crippen LogP contribution in [0.5, 0.6) is 0 Å². The van der Waals surface area contributed by atoms with Gasteiger partial charge in [-0.25, -0.2) is 0 Å². The van der Waals surface area contributed by atoms with Crippen molar-refractivity contribution in [2.75, 3.05) is 24.6 Å². The standard InChI is InChI=1S/C22H22ClN3O2S/c23-17-6-7-18-16(13-17)14-19(24-18)21(27)25-20(12-15-4-2-1-3-5-15)22(28)26-8-10-29-11-9-26/h1-7,13-14,20,24H,8-12H2,(H,25,27)/t20-/m0/s1. The summed E-state index contributed by atoms with van der Waals surface area (Å²) in [5, 5.41) is 4.43. The van der Waals surface area contributed by atoms with Crippen LogP contribution in [0.3, 0.4) is 0 Å². The van der Waals surface area contributed by atoms with Crippen molar-refractivity contribution in [2.24, 2.45) is 0 Å². The number of thioether (sulfide) groups is 1. The van der Waals surface area contributed by atoms with Crippen molar-refractivity contribution in [3.63, 3.8) is 0 Å². The van der Waals surface area contributed by atoms with Crippen LogP contribution < -0.4 is 5.32 Å². The molecule has 3 aromatic rings. The van der Waals surface area contributed by atoms with Crippen LogP contribution in [0.25, 0.3) is 10.9 Å². The minimum Gasteiger partial charge on any atom is -0.351 e. The van der Waals surface area contributed by atoms with Gasteiger partial charge in [0.1, 0.15) is 11.7 Å². The van der Waals surface area contributed by atoms with Crippen LogP contribution in [-0.2, 0) is 11.2 Å². The Hall–Kier alpha value is -2.44. The maximum absolute atomic E-state index is 13.2. The quantitative estimate of drug-likeness (QED) is 0.652. The summed E-state index contributed by atoms with van der Waals surface area (Å²) in [5.74, 6) is 1.54. The monoisotopic (exact) mass is 427 g/mol. The van der Waals surface area contributed by atoms with E-state index in [-0.39, 0.29) is 11.8 Å². The molecule has 2 aromatic carbocycles. The highest BCUT2D eigenvalue weighted by Crippen LogP contribution is 2.20. The normalized spacial score (nSPS) is 15.3. The van der Waals surface area contributed by atoms with Gasteiger partial charge in [0.05, 0.1) is 0 Å². The number of carbonyl (C=O) groups excluding carboxylic acids is 2. The van der Waals surface area contributed by atoms with Gasteiger partial charge in [-0.2, -0.15) is 11.8 Å². The van der Waals surface area contributed by atoms with Gasteiger partial charge < -0.3 is 15.2 Å². The van der Waals surface area contributed by atoms with Gasteiger partial charge in [0, 0.05) is 46.9 Å². The van der Waals surface area contributed by atoms with Crippen LogP contribution in [0.15, 0.2) is 54.6 Å². The lowest BCUT2D eigenvalue weighted by molar-refractivity contribution is -0.132. The van der Waals surface area contributed by atoms with E-state index in [0.29, 0.717) is 17.1 Å². The van der Waals surface area contributed by atoms with E-state index in [2.05, 4.69) is 10.3 Å². The molecule has 0 unspecified atom stereocenters. The second-order valence-corrected chi connectivity index (χ2v) is 8.73. The number of amides is 2. The molecular weight excluding hydrogens is 406 g/mol. The average Bonchev–Trinajstić information content (AvgIpc) is 3.17. The molecule has 1 aromatic heterocycles. The number of H-pyrrole nitrogens is 1. The molecule has 0 saturated carbocycles. The average molecular weight is 428 g/mol. The first-order valence-electron chi connectivity index (χ1n) is 9.60. The molecule has 2 heterocycles. The number of nitrogens with one attached hydrogen (secondary N) is 2. The summed E-state index contributed by atoms with van der Waals surface area (Å²) in [7, 11) is 0. The Labute approximate surface area is 178 Å². The number of fused-ring (bicyclic) bond motifs is 1. The molecule has 5 nitrogen and oxygen atoms in total. The van der Waals surface area contributed by atoms with Crippen molar-refractivity contribution in [3.05, 3.63) is 70.9 Å². The van der Waals surface area contributed by atoms with E-state index >= 15 is 0 Å². The molecule has 1 aliphatic heterocycles. The molecule has 0 radical (unpaired) electrons. The summed E-state index contributed by atoms with van der Waals surface area (Å²) in [6, 6.07) is 16.4. The molecule has 4 rings (SSSR count). The van der Waals surface area contributed by atoms with E-state index < -0.39 is 6.04 Å². The molecule has 2 N–H and O–H groups in total. The molecule has 29 heavy (non-hydrogen) atoms. The summed E-state index contributed by atoms with van der Waals surface area (Å²) in [5.41, 5.74) is 2.27. The summed E-state index contributed by atoms with van der Waals surface area (Å²) in [6.45, 7) is 1.44. The van der Waals surface area contributed by atoms with Crippen molar-refractivity contribution in [1.82, 2.24) is 15.2 Å². The predicted molar refractivity (Wildman–Crippen MR) is 119 cm³/mol. The van der Waals surface area contributed by atoms with Gasteiger partial charge in [0.15, 0.2) is 0 Å². The molecule has 1 atom stereocenters. The third-order valence-electron chi connectivity index (χ3n) is 5.04. The van der Waals surface area contributed by atoms with E-state index in [1.807, 2.05) is 59.1 Å². The molecule has 0 spiro atoms. The maximum atomic E-state index is 13.2. The number of benzene rings is 2. The van der Waals surface area contributed by atoms with Crippen molar-refractivity contribution >= 4 is 46.1 Å². The minimum atomic E-state index is -0.608. The number of halogens is 1. The van der Waals surface area contributed by atoms with E-state index in [9.17, 15) is 9.59 Å². The lowest BCUT2D eigenvalue weighted by Crippen LogP contribution is -2.51. The van der Waals surface area contributed by atoms with E-state index in [1.165, 1.54) is 0 Å². The number of nitrogens with zero attached hydrogens (tertiary/aromatic N) is 1.